The highest BCUT2D eigenvalue weighted by molar-refractivity contribution is 6.08. The lowest BCUT2D eigenvalue weighted by Crippen LogP contribution is -2.24. The minimum absolute atomic E-state index is 0.136. The van der Waals surface area contributed by atoms with Crippen molar-refractivity contribution in [1.29, 1.82) is 0 Å². The lowest BCUT2D eigenvalue weighted by Gasteiger charge is -2.13. The molecule has 0 bridgehead atoms. The number of aryl methyl sites for hydroxylation is 2. The largest absolute Gasteiger partial charge is 0.488 e. The summed E-state index contributed by atoms with van der Waals surface area (Å²) >= 11 is 0. The van der Waals surface area contributed by atoms with E-state index in [9.17, 15) is 14.4 Å². The second kappa shape index (κ2) is 11.8. The first-order valence-corrected chi connectivity index (χ1v) is 13.9. The molecule has 1 saturated heterocycles. The molecule has 2 aromatic heterocycles. The molecule has 2 aromatic carbocycles. The van der Waals surface area contributed by atoms with Crippen LogP contribution in [-0.2, 0) is 18.2 Å². The number of ether oxygens (including phenoxy) is 2. The van der Waals surface area contributed by atoms with Crippen molar-refractivity contribution in [1.82, 2.24) is 9.55 Å². The zero-order valence-corrected chi connectivity index (χ0v) is 23.7. The molecular weight excluding hydrogens is 520 g/mol. The van der Waals surface area contributed by atoms with Gasteiger partial charge in [0.05, 0.1) is 29.4 Å². The number of aromatic nitrogens is 2. The van der Waals surface area contributed by atoms with E-state index >= 15 is 0 Å². The summed E-state index contributed by atoms with van der Waals surface area (Å²) in [6.07, 6.45) is 0.111. The Morgan fingerprint density at radius 3 is 2.44 bits per heavy atom. The molecule has 212 valence electrons. The number of carbonyl (C=O) groups excluding carboxylic acids is 3. The van der Waals surface area contributed by atoms with Crippen LogP contribution in [0.15, 0.2) is 66.7 Å². The first-order chi connectivity index (χ1) is 19.8. The number of nitrogens with zero attached hydrogens (tertiary/aromatic N) is 3. The zero-order chi connectivity index (χ0) is 29.1. The van der Waals surface area contributed by atoms with Crippen molar-refractivity contribution in [2.24, 2.45) is 7.05 Å². The number of cyclic esters (lactones) is 1. The Kier molecular flexibility index (Phi) is 8.05. The molecule has 9 heteroatoms. The Balaban J connectivity index is 1.42. The van der Waals surface area contributed by atoms with Gasteiger partial charge in [0.15, 0.2) is 11.5 Å². The van der Waals surface area contributed by atoms with E-state index in [-0.39, 0.29) is 24.2 Å². The summed E-state index contributed by atoms with van der Waals surface area (Å²) in [4.78, 5) is 45.5. The molecule has 0 radical (unpaired) electrons. The molecule has 9 nitrogen and oxygen atoms in total. The van der Waals surface area contributed by atoms with Crippen LogP contribution < -0.4 is 15.0 Å². The predicted octanol–water partition coefficient (Wildman–Crippen LogP) is 6.16. The molecule has 1 aliphatic rings. The van der Waals surface area contributed by atoms with Crippen LogP contribution in [0, 0.1) is 0 Å². The van der Waals surface area contributed by atoms with Gasteiger partial charge in [-0.3, -0.25) is 14.5 Å². The minimum atomic E-state index is -0.413. The average molecular weight is 555 g/mol. The number of carbonyl (C=O) groups is 3. The van der Waals surface area contributed by atoms with Gasteiger partial charge in [-0.1, -0.05) is 43.3 Å². The van der Waals surface area contributed by atoms with Crippen molar-refractivity contribution >= 4 is 40.2 Å². The Hall–Kier alpha value is -4.66. The number of anilines is 2. The summed E-state index contributed by atoms with van der Waals surface area (Å²) < 4.78 is 13.5. The number of rotatable bonds is 10. The van der Waals surface area contributed by atoms with E-state index in [2.05, 4.69) is 5.32 Å². The quantitative estimate of drug-likeness (QED) is 0.236. The first-order valence-electron chi connectivity index (χ1n) is 13.9. The maximum atomic E-state index is 13.7. The molecule has 2 amide bonds. The van der Waals surface area contributed by atoms with Gasteiger partial charge in [-0.25, -0.2) is 9.78 Å². The molecule has 1 fully saturated rings. The van der Waals surface area contributed by atoms with Gasteiger partial charge in [-0.05, 0) is 57.0 Å². The van der Waals surface area contributed by atoms with Gasteiger partial charge in [-0.15, -0.1) is 0 Å². The molecule has 0 aliphatic carbocycles. The normalized spacial score (nSPS) is 14.9. The van der Waals surface area contributed by atoms with E-state index in [1.165, 1.54) is 0 Å². The number of hydrogen-bond donors (Lipinski definition) is 1. The lowest BCUT2D eigenvalue weighted by molar-refractivity contribution is 0.0926. The SMILES string of the molecule is CCc1nc2c(cc1NC(=O)c1ccccc1)c(OC(C)C)c(C(=O)CCC1CN(c3ccccc3)C(=O)O1)n2C. The summed E-state index contributed by atoms with van der Waals surface area (Å²) in [5.41, 5.74) is 3.58. The molecule has 4 aromatic rings. The number of benzene rings is 2. The minimum Gasteiger partial charge on any atom is -0.488 e. The fourth-order valence-corrected chi connectivity index (χ4v) is 5.08. The van der Waals surface area contributed by atoms with Gasteiger partial charge in [-0.2, -0.15) is 0 Å². The Morgan fingerprint density at radius 1 is 1.10 bits per heavy atom. The highest BCUT2D eigenvalue weighted by atomic mass is 16.6. The van der Waals surface area contributed by atoms with Crippen LogP contribution in [0.5, 0.6) is 5.75 Å². The van der Waals surface area contributed by atoms with Gasteiger partial charge in [0.2, 0.25) is 0 Å². The fraction of sp³-hybridized carbons (Fsp3) is 0.312. The lowest BCUT2D eigenvalue weighted by atomic mass is 10.1. The van der Waals surface area contributed by atoms with Crippen LogP contribution in [-0.4, -0.2) is 46.1 Å². The average Bonchev–Trinajstić information content (AvgIpc) is 3.48. The van der Waals surface area contributed by atoms with Crippen molar-refractivity contribution in [3.63, 3.8) is 0 Å². The molecule has 3 heterocycles. The second-order valence-electron chi connectivity index (χ2n) is 10.3. The molecular formula is C32H34N4O5. The maximum Gasteiger partial charge on any atom is 0.414 e. The standard InChI is InChI=1S/C32H34N4O5/c1-5-25-26(34-31(38)21-12-8-6-9-13-21)18-24-29(40-20(2)3)28(35(4)30(24)33-25)27(37)17-16-23-19-36(32(39)41-23)22-14-10-7-11-15-22/h6-15,18,20,23H,5,16-17,19H2,1-4H3,(H,34,38). The summed E-state index contributed by atoms with van der Waals surface area (Å²) in [6.45, 7) is 6.14. The van der Waals surface area contributed by atoms with E-state index in [4.69, 9.17) is 14.5 Å². The predicted molar refractivity (Wildman–Crippen MR) is 158 cm³/mol. The molecule has 41 heavy (non-hydrogen) atoms. The van der Waals surface area contributed by atoms with Crippen molar-refractivity contribution in [2.45, 2.75) is 52.2 Å². The van der Waals surface area contributed by atoms with Crippen LogP contribution in [0.4, 0.5) is 16.2 Å². The molecule has 1 unspecified atom stereocenters. The second-order valence-corrected chi connectivity index (χ2v) is 10.3. The zero-order valence-electron chi connectivity index (χ0n) is 23.7. The third kappa shape index (κ3) is 5.79. The maximum absolute atomic E-state index is 13.7. The molecule has 1 atom stereocenters. The molecule has 0 spiro atoms. The molecule has 1 N–H and O–H groups in total. The van der Waals surface area contributed by atoms with E-state index in [1.807, 2.05) is 75.4 Å². The van der Waals surface area contributed by atoms with Gasteiger partial charge < -0.3 is 19.4 Å². The third-order valence-electron chi connectivity index (χ3n) is 7.07. The molecule has 5 rings (SSSR count). The third-order valence-corrected chi connectivity index (χ3v) is 7.07. The first kappa shape index (κ1) is 27.9. The fourth-order valence-electron chi connectivity index (χ4n) is 5.08. The van der Waals surface area contributed by atoms with Gasteiger partial charge in [0, 0.05) is 24.7 Å². The number of ketones is 1. The van der Waals surface area contributed by atoms with Gasteiger partial charge in [0.25, 0.3) is 5.91 Å². The highest BCUT2D eigenvalue weighted by Gasteiger charge is 2.33. The smallest absolute Gasteiger partial charge is 0.414 e. The number of hydrogen-bond acceptors (Lipinski definition) is 6. The van der Waals surface area contributed by atoms with Crippen molar-refractivity contribution < 1.29 is 23.9 Å². The van der Waals surface area contributed by atoms with Crippen molar-refractivity contribution in [3.05, 3.63) is 83.7 Å². The van der Waals surface area contributed by atoms with E-state index in [1.54, 1.807) is 28.6 Å². The summed E-state index contributed by atoms with van der Waals surface area (Å²) in [5, 5.41) is 3.63. The number of nitrogens with one attached hydrogen (secondary N) is 1. The summed E-state index contributed by atoms with van der Waals surface area (Å²) in [7, 11) is 1.80. The summed E-state index contributed by atoms with van der Waals surface area (Å²) in [6, 6.07) is 20.2. The van der Waals surface area contributed by atoms with E-state index < -0.39 is 12.2 Å². The Morgan fingerprint density at radius 2 is 1.78 bits per heavy atom. The van der Waals surface area contributed by atoms with Crippen LogP contribution in [0.3, 0.4) is 0 Å². The summed E-state index contributed by atoms with van der Waals surface area (Å²) in [5.74, 6) is 0.0566. The number of pyridine rings is 1. The van der Waals surface area contributed by atoms with E-state index in [0.29, 0.717) is 58.8 Å². The Bertz CT molecular complexity index is 1580. The number of fused-ring (bicyclic) bond motifs is 1. The van der Waals surface area contributed by atoms with Crippen molar-refractivity contribution in [3.8, 4) is 5.75 Å². The van der Waals surface area contributed by atoms with Crippen molar-refractivity contribution in [2.75, 3.05) is 16.8 Å². The number of Topliss-reactive ketones (excluding diaryl/α,β-unsaturated/α-hetero) is 1. The van der Waals surface area contributed by atoms with Crippen LogP contribution in [0.2, 0.25) is 0 Å². The highest BCUT2D eigenvalue weighted by Crippen LogP contribution is 2.37. The number of para-hydroxylation sites is 1. The Labute approximate surface area is 239 Å². The number of amides is 2. The van der Waals surface area contributed by atoms with E-state index in [0.717, 1.165) is 5.69 Å². The van der Waals surface area contributed by atoms with Gasteiger partial charge >= 0.3 is 6.09 Å². The van der Waals surface area contributed by atoms with Crippen LogP contribution in [0.25, 0.3) is 11.0 Å². The van der Waals surface area contributed by atoms with Crippen LogP contribution >= 0.6 is 0 Å². The topological polar surface area (TPSA) is 103 Å². The monoisotopic (exact) mass is 554 g/mol. The van der Waals surface area contributed by atoms with Gasteiger partial charge in [0.1, 0.15) is 17.4 Å². The van der Waals surface area contributed by atoms with Crippen LogP contribution in [0.1, 0.15) is 60.2 Å². The molecule has 1 aliphatic heterocycles. The molecule has 0 saturated carbocycles.